The van der Waals surface area contributed by atoms with Crippen LogP contribution in [0.15, 0.2) is 77.7 Å². The van der Waals surface area contributed by atoms with Gasteiger partial charge in [0.05, 0.1) is 6.54 Å². The highest BCUT2D eigenvalue weighted by atomic mass is 16.2. The topological polar surface area (TPSA) is 97.5 Å². The van der Waals surface area contributed by atoms with Gasteiger partial charge < -0.3 is 10.6 Å². The van der Waals surface area contributed by atoms with Crippen molar-refractivity contribution in [3.8, 4) is 0 Å². The summed E-state index contributed by atoms with van der Waals surface area (Å²) in [6, 6.07) is 19.7. The van der Waals surface area contributed by atoms with Crippen molar-refractivity contribution in [1.82, 2.24) is 14.2 Å². The van der Waals surface area contributed by atoms with E-state index in [4.69, 9.17) is 0 Å². The summed E-state index contributed by atoms with van der Waals surface area (Å²) in [5, 5.41) is 10.2. The fraction of sp³-hybridized carbons (Fsp3) is 0.259. The van der Waals surface area contributed by atoms with E-state index in [0.717, 1.165) is 31.2 Å². The second kappa shape index (κ2) is 9.97. The number of hydrogen-bond donors (Lipinski definition) is 2. The molecule has 1 aliphatic carbocycles. The number of carbonyl (C=O) groups excluding carboxylic acids is 2. The van der Waals surface area contributed by atoms with E-state index in [2.05, 4.69) is 15.7 Å². The van der Waals surface area contributed by atoms with Crippen LogP contribution in [0.3, 0.4) is 0 Å². The summed E-state index contributed by atoms with van der Waals surface area (Å²) < 4.78 is 2.89. The second-order valence-electron chi connectivity index (χ2n) is 8.93. The molecule has 1 fully saturated rings. The third-order valence-corrected chi connectivity index (χ3v) is 6.37. The lowest BCUT2D eigenvalue weighted by Gasteiger charge is -2.20. The number of hydrogen-bond acceptors (Lipinski definition) is 4. The summed E-state index contributed by atoms with van der Waals surface area (Å²) in [5.74, 6) is -0.206. The van der Waals surface area contributed by atoms with Gasteiger partial charge in [0.1, 0.15) is 0 Å². The monoisotopic (exact) mass is 469 g/mol. The van der Waals surface area contributed by atoms with Crippen LogP contribution < -0.4 is 16.3 Å². The van der Waals surface area contributed by atoms with E-state index < -0.39 is 0 Å². The number of fused-ring (bicyclic) bond motifs is 1. The lowest BCUT2D eigenvalue weighted by molar-refractivity contribution is -0.120. The Bertz CT molecular complexity index is 1430. The quantitative estimate of drug-likeness (QED) is 0.440. The summed E-state index contributed by atoms with van der Waals surface area (Å²) >= 11 is 0. The van der Waals surface area contributed by atoms with Crippen molar-refractivity contribution in [2.24, 2.45) is 5.92 Å². The average Bonchev–Trinajstić information content (AvgIpc) is 3.20. The van der Waals surface area contributed by atoms with Gasteiger partial charge in [-0.2, -0.15) is 0 Å². The molecular formula is C27H27N5O3. The molecule has 2 amide bonds. The lowest BCUT2D eigenvalue weighted by Crippen LogP contribution is -2.24. The van der Waals surface area contributed by atoms with Gasteiger partial charge in [-0.15, -0.1) is 5.10 Å². The number of benzene rings is 2. The van der Waals surface area contributed by atoms with Crippen molar-refractivity contribution in [2.75, 3.05) is 10.6 Å². The largest absolute Gasteiger partial charge is 0.350 e. The van der Waals surface area contributed by atoms with Crippen LogP contribution in [-0.2, 0) is 11.3 Å². The van der Waals surface area contributed by atoms with E-state index in [1.165, 1.54) is 15.5 Å². The number of nitrogens with one attached hydrogen (secondary N) is 2. The van der Waals surface area contributed by atoms with Crippen molar-refractivity contribution in [2.45, 2.75) is 38.6 Å². The van der Waals surface area contributed by atoms with Crippen molar-refractivity contribution in [3.63, 3.8) is 0 Å². The molecular weight excluding hydrogens is 442 g/mol. The van der Waals surface area contributed by atoms with Gasteiger partial charge in [0.2, 0.25) is 5.91 Å². The SMILES string of the molecule is O=C(Nc1cccc(Cn2nc3ccccn3c2=O)c1)c1cccc(NC(=O)C2CCCCC2)c1. The van der Waals surface area contributed by atoms with Gasteiger partial charge in [0, 0.05) is 29.1 Å². The first-order chi connectivity index (χ1) is 17.1. The number of anilines is 2. The molecule has 4 aromatic rings. The number of carbonyl (C=O) groups is 2. The zero-order valence-electron chi connectivity index (χ0n) is 19.3. The molecule has 2 aromatic carbocycles. The van der Waals surface area contributed by atoms with Crippen LogP contribution in [0.4, 0.5) is 11.4 Å². The van der Waals surface area contributed by atoms with Gasteiger partial charge in [0.15, 0.2) is 5.65 Å². The molecule has 2 aromatic heterocycles. The Morgan fingerprint density at radius 2 is 1.66 bits per heavy atom. The van der Waals surface area contributed by atoms with Crippen LogP contribution in [0.25, 0.3) is 5.65 Å². The molecule has 178 valence electrons. The first-order valence-electron chi connectivity index (χ1n) is 11.9. The van der Waals surface area contributed by atoms with E-state index in [1.54, 1.807) is 48.7 Å². The summed E-state index contributed by atoms with van der Waals surface area (Å²) in [5.41, 5.74) is 2.88. The minimum Gasteiger partial charge on any atom is -0.326 e. The van der Waals surface area contributed by atoms with Crippen molar-refractivity contribution < 1.29 is 9.59 Å². The molecule has 2 N–H and O–H groups in total. The summed E-state index contributed by atoms with van der Waals surface area (Å²) in [7, 11) is 0. The highest BCUT2D eigenvalue weighted by Crippen LogP contribution is 2.25. The molecule has 0 unspecified atom stereocenters. The molecule has 8 nitrogen and oxygen atoms in total. The van der Waals surface area contributed by atoms with Gasteiger partial charge in [-0.1, -0.05) is 43.5 Å². The maximum atomic E-state index is 12.9. The Morgan fingerprint density at radius 1 is 0.886 bits per heavy atom. The van der Waals surface area contributed by atoms with E-state index in [1.807, 2.05) is 24.3 Å². The van der Waals surface area contributed by atoms with Gasteiger partial charge in [-0.25, -0.2) is 9.48 Å². The normalized spacial score (nSPS) is 14.1. The molecule has 0 spiro atoms. The predicted octanol–water partition coefficient (Wildman–Crippen LogP) is 4.32. The number of aromatic nitrogens is 3. The number of rotatable bonds is 6. The lowest BCUT2D eigenvalue weighted by atomic mass is 9.88. The van der Waals surface area contributed by atoms with E-state index in [0.29, 0.717) is 22.6 Å². The number of amides is 2. The van der Waals surface area contributed by atoms with Crippen LogP contribution >= 0.6 is 0 Å². The molecule has 0 saturated heterocycles. The van der Waals surface area contributed by atoms with E-state index in [-0.39, 0.29) is 30.0 Å². The number of pyridine rings is 1. The van der Waals surface area contributed by atoms with Crippen molar-refractivity contribution in [3.05, 3.63) is 94.5 Å². The van der Waals surface area contributed by atoms with Crippen LogP contribution in [-0.4, -0.2) is 26.0 Å². The average molecular weight is 470 g/mol. The van der Waals surface area contributed by atoms with Gasteiger partial charge in [-0.3, -0.25) is 14.0 Å². The third kappa shape index (κ3) is 5.16. The molecule has 0 aliphatic heterocycles. The van der Waals surface area contributed by atoms with Gasteiger partial charge in [-0.05, 0) is 60.9 Å². The number of nitrogens with zero attached hydrogens (tertiary/aromatic N) is 3. The maximum Gasteiger partial charge on any atom is 0.350 e. The van der Waals surface area contributed by atoms with Crippen LogP contribution in [0, 0.1) is 5.92 Å². The molecule has 0 bridgehead atoms. The smallest absolute Gasteiger partial charge is 0.326 e. The molecule has 0 atom stereocenters. The predicted molar refractivity (Wildman–Crippen MR) is 135 cm³/mol. The first kappa shape index (κ1) is 22.6. The van der Waals surface area contributed by atoms with Crippen molar-refractivity contribution >= 4 is 28.8 Å². The van der Waals surface area contributed by atoms with Crippen LogP contribution in [0.1, 0.15) is 48.0 Å². The standard InChI is InChI=1S/C27H27N5O3/c33-25(20-9-2-1-3-10-20)29-23-13-7-11-21(17-23)26(34)28-22-12-6-8-19(16-22)18-32-27(35)31-15-5-4-14-24(31)30-32/h4-8,11-17,20H,1-3,9-10,18H2,(H,28,34)(H,29,33). The van der Waals surface area contributed by atoms with Gasteiger partial charge >= 0.3 is 5.69 Å². The fourth-order valence-corrected chi connectivity index (χ4v) is 4.54. The minimum absolute atomic E-state index is 0.0251. The van der Waals surface area contributed by atoms with Crippen LogP contribution in [0.2, 0.25) is 0 Å². The molecule has 1 saturated carbocycles. The maximum absolute atomic E-state index is 12.9. The summed E-state index contributed by atoms with van der Waals surface area (Å²) in [4.78, 5) is 38.0. The molecule has 2 heterocycles. The third-order valence-electron chi connectivity index (χ3n) is 6.37. The zero-order valence-corrected chi connectivity index (χ0v) is 19.3. The minimum atomic E-state index is -0.277. The fourth-order valence-electron chi connectivity index (χ4n) is 4.54. The Morgan fingerprint density at radius 3 is 2.46 bits per heavy atom. The highest BCUT2D eigenvalue weighted by molar-refractivity contribution is 6.05. The Labute approximate surface area is 202 Å². The van der Waals surface area contributed by atoms with E-state index in [9.17, 15) is 14.4 Å². The molecule has 5 rings (SSSR count). The second-order valence-corrected chi connectivity index (χ2v) is 8.93. The Balaban J connectivity index is 1.26. The molecule has 8 heteroatoms. The first-order valence-corrected chi connectivity index (χ1v) is 11.9. The molecule has 35 heavy (non-hydrogen) atoms. The van der Waals surface area contributed by atoms with E-state index >= 15 is 0 Å². The Hall–Kier alpha value is -4.20. The van der Waals surface area contributed by atoms with Gasteiger partial charge in [0.25, 0.3) is 5.91 Å². The molecule has 1 aliphatic rings. The summed E-state index contributed by atoms with van der Waals surface area (Å²) in [6.45, 7) is 0.285. The summed E-state index contributed by atoms with van der Waals surface area (Å²) in [6.07, 6.45) is 6.89. The van der Waals surface area contributed by atoms with Crippen molar-refractivity contribution in [1.29, 1.82) is 0 Å². The van der Waals surface area contributed by atoms with Crippen LogP contribution in [0.5, 0.6) is 0 Å². The highest BCUT2D eigenvalue weighted by Gasteiger charge is 2.21. The Kier molecular flexibility index (Phi) is 6.43. The zero-order chi connectivity index (χ0) is 24.2. The molecule has 0 radical (unpaired) electrons.